The van der Waals surface area contributed by atoms with E-state index in [4.69, 9.17) is 27.2 Å². The van der Waals surface area contributed by atoms with Gasteiger partial charge in [0.1, 0.15) is 11.4 Å². The number of ether oxygens (including phenoxy) is 1. The molecule has 0 spiro atoms. The molecule has 3 N–H and O–H groups in total. The lowest BCUT2D eigenvalue weighted by Gasteiger charge is -2.21. The van der Waals surface area contributed by atoms with Gasteiger partial charge in [0.25, 0.3) is 5.91 Å². The van der Waals surface area contributed by atoms with Crippen molar-refractivity contribution in [3.63, 3.8) is 0 Å². The molecule has 42 heavy (non-hydrogen) atoms. The molecule has 0 saturated heterocycles. The SMILES string of the molecule is CCC(=O)O.CCOc1c(-c2ccc(C(F)(F)F)cc2Cl)ccc2c1cnn2C(CC(C)C)c1ccc(C(N)=O)nc1. The third-order valence-corrected chi connectivity index (χ3v) is 6.64. The Morgan fingerprint density at radius 2 is 1.74 bits per heavy atom. The number of fused-ring (bicyclic) bond motifs is 1. The molecule has 1 unspecified atom stereocenters. The number of nitrogens with zero attached hydrogens (tertiary/aromatic N) is 3. The zero-order valence-electron chi connectivity index (χ0n) is 23.6. The highest BCUT2D eigenvalue weighted by Gasteiger charge is 2.31. The summed E-state index contributed by atoms with van der Waals surface area (Å²) in [6.45, 7) is 7.96. The highest BCUT2D eigenvalue weighted by atomic mass is 35.5. The van der Waals surface area contributed by atoms with Crippen LogP contribution in [0, 0.1) is 5.92 Å². The van der Waals surface area contributed by atoms with Gasteiger partial charge in [0, 0.05) is 28.8 Å². The summed E-state index contributed by atoms with van der Waals surface area (Å²) in [5.74, 6) is -0.549. The van der Waals surface area contributed by atoms with Crippen LogP contribution >= 0.6 is 11.6 Å². The van der Waals surface area contributed by atoms with Gasteiger partial charge in [0.15, 0.2) is 0 Å². The van der Waals surface area contributed by atoms with E-state index >= 15 is 0 Å². The van der Waals surface area contributed by atoms with Crippen molar-refractivity contribution in [1.82, 2.24) is 14.8 Å². The molecule has 4 rings (SSSR count). The third-order valence-electron chi connectivity index (χ3n) is 6.32. The van der Waals surface area contributed by atoms with Crippen molar-refractivity contribution < 1.29 is 32.6 Å². The monoisotopic (exact) mass is 604 g/mol. The van der Waals surface area contributed by atoms with Crippen molar-refractivity contribution in [1.29, 1.82) is 0 Å². The number of carbonyl (C=O) groups excluding carboxylic acids is 1. The summed E-state index contributed by atoms with van der Waals surface area (Å²) in [7, 11) is 0. The largest absolute Gasteiger partial charge is 0.492 e. The zero-order valence-corrected chi connectivity index (χ0v) is 24.3. The maximum Gasteiger partial charge on any atom is 0.416 e. The lowest BCUT2D eigenvalue weighted by Crippen LogP contribution is -2.17. The molecule has 224 valence electrons. The van der Waals surface area contributed by atoms with Gasteiger partial charge in [-0.05, 0) is 55.2 Å². The number of hydrogen-bond acceptors (Lipinski definition) is 5. The molecule has 0 aliphatic heterocycles. The van der Waals surface area contributed by atoms with Crippen LogP contribution in [-0.2, 0) is 11.0 Å². The predicted molar refractivity (Wildman–Crippen MR) is 155 cm³/mol. The van der Waals surface area contributed by atoms with E-state index in [1.807, 2.05) is 23.7 Å². The smallest absolute Gasteiger partial charge is 0.416 e. The number of halogens is 4. The number of rotatable bonds is 9. The lowest BCUT2D eigenvalue weighted by molar-refractivity contribution is -0.138. The molecule has 4 aromatic rings. The quantitative estimate of drug-likeness (QED) is 0.206. The molecule has 12 heteroatoms. The molecular formula is C30H32ClF3N4O4. The van der Waals surface area contributed by atoms with E-state index in [2.05, 4.69) is 23.9 Å². The van der Waals surface area contributed by atoms with E-state index in [0.717, 1.165) is 29.6 Å². The number of nitrogens with two attached hydrogens (primary N) is 1. The van der Waals surface area contributed by atoms with E-state index in [0.29, 0.717) is 34.8 Å². The Kier molecular flexibility index (Phi) is 10.6. The summed E-state index contributed by atoms with van der Waals surface area (Å²) in [6, 6.07) is 10.1. The molecule has 0 bridgehead atoms. The maximum absolute atomic E-state index is 13.2. The normalized spacial score (nSPS) is 12.1. The standard InChI is InChI=1S/C27H26ClF3N4O2.C3H6O2/c1-4-37-25-19(18-7-6-17(12-21(18)28)27(29,30)31)8-10-23-20(25)14-34-35(23)24(11-15(2)3)16-5-9-22(26(32)36)33-13-16;1-2-3(4)5/h5-10,12-15,24H,4,11H2,1-3H3,(H2,32,36);2H2,1H3,(H,4,5). The van der Waals surface area contributed by atoms with Crippen LogP contribution in [0.15, 0.2) is 54.9 Å². The molecular weight excluding hydrogens is 573 g/mol. The number of alkyl halides is 3. The first-order valence-electron chi connectivity index (χ1n) is 13.3. The summed E-state index contributed by atoms with van der Waals surface area (Å²) >= 11 is 6.31. The molecule has 0 aliphatic rings. The molecule has 0 saturated carbocycles. The number of aromatic nitrogens is 3. The molecule has 0 fully saturated rings. The molecule has 1 atom stereocenters. The number of carbonyl (C=O) groups is 2. The minimum Gasteiger partial charge on any atom is -0.492 e. The van der Waals surface area contributed by atoms with Crippen LogP contribution in [-0.4, -0.2) is 38.4 Å². The Balaban J connectivity index is 0.000000892. The van der Waals surface area contributed by atoms with Gasteiger partial charge >= 0.3 is 12.1 Å². The van der Waals surface area contributed by atoms with Crippen molar-refractivity contribution in [3.8, 4) is 16.9 Å². The van der Waals surface area contributed by atoms with Crippen LogP contribution in [0.5, 0.6) is 5.75 Å². The summed E-state index contributed by atoms with van der Waals surface area (Å²) in [6.07, 6.45) is -0.225. The van der Waals surface area contributed by atoms with Crippen LogP contribution in [0.3, 0.4) is 0 Å². The average Bonchev–Trinajstić information content (AvgIpc) is 3.36. The molecule has 8 nitrogen and oxygen atoms in total. The fourth-order valence-corrected chi connectivity index (χ4v) is 4.62. The van der Waals surface area contributed by atoms with E-state index in [9.17, 15) is 22.8 Å². The Labute approximate surface area is 246 Å². The first-order chi connectivity index (χ1) is 19.8. The molecule has 1 amide bonds. The van der Waals surface area contributed by atoms with Gasteiger partial charge in [-0.15, -0.1) is 0 Å². The van der Waals surface area contributed by atoms with Gasteiger partial charge in [-0.25, -0.2) is 0 Å². The molecule has 2 heterocycles. The number of carboxylic acids is 1. The molecule has 0 aliphatic carbocycles. The topological polar surface area (TPSA) is 120 Å². The number of hydrogen-bond donors (Lipinski definition) is 2. The van der Waals surface area contributed by atoms with E-state index in [1.165, 1.54) is 6.07 Å². The summed E-state index contributed by atoms with van der Waals surface area (Å²) < 4.78 is 47.3. The first kappa shape index (κ1) is 32.4. The predicted octanol–water partition coefficient (Wildman–Crippen LogP) is 7.38. The highest BCUT2D eigenvalue weighted by molar-refractivity contribution is 6.33. The lowest BCUT2D eigenvalue weighted by atomic mass is 9.97. The average molecular weight is 605 g/mol. The van der Waals surface area contributed by atoms with Crippen LogP contribution in [0.1, 0.15) is 68.2 Å². The fourth-order valence-electron chi connectivity index (χ4n) is 4.34. The fraction of sp³-hybridized carbons (Fsp3) is 0.333. The molecule has 2 aromatic heterocycles. The van der Waals surface area contributed by atoms with Crippen molar-refractivity contribution in [2.24, 2.45) is 11.7 Å². The summed E-state index contributed by atoms with van der Waals surface area (Å²) in [5, 5.41) is 13.1. The van der Waals surface area contributed by atoms with E-state index in [1.54, 1.807) is 31.5 Å². The van der Waals surface area contributed by atoms with Gasteiger partial charge in [0.2, 0.25) is 0 Å². The second kappa shape index (κ2) is 13.7. The maximum atomic E-state index is 13.2. The van der Waals surface area contributed by atoms with Gasteiger partial charge in [-0.3, -0.25) is 19.3 Å². The number of benzene rings is 2. The van der Waals surface area contributed by atoms with Crippen LogP contribution < -0.4 is 10.5 Å². The van der Waals surface area contributed by atoms with Crippen LogP contribution in [0.25, 0.3) is 22.0 Å². The third kappa shape index (κ3) is 7.58. The first-order valence-corrected chi connectivity index (χ1v) is 13.6. The van der Waals surface area contributed by atoms with Gasteiger partial charge in [-0.1, -0.05) is 44.5 Å². The van der Waals surface area contributed by atoms with Gasteiger partial charge in [0.05, 0.1) is 35.3 Å². The van der Waals surface area contributed by atoms with E-state index < -0.39 is 23.6 Å². The van der Waals surface area contributed by atoms with Crippen molar-refractivity contribution in [2.75, 3.05) is 6.61 Å². The number of amides is 1. The summed E-state index contributed by atoms with van der Waals surface area (Å²) in [5.41, 5.74) is 7.33. The summed E-state index contributed by atoms with van der Waals surface area (Å²) in [4.78, 5) is 25.0. The Morgan fingerprint density at radius 3 is 2.24 bits per heavy atom. The highest BCUT2D eigenvalue weighted by Crippen LogP contribution is 2.43. The van der Waals surface area contributed by atoms with Crippen LogP contribution in [0.2, 0.25) is 5.02 Å². The van der Waals surface area contributed by atoms with E-state index in [-0.39, 0.29) is 23.2 Å². The minimum atomic E-state index is -4.49. The number of primary amides is 1. The van der Waals surface area contributed by atoms with Crippen molar-refractivity contribution >= 4 is 34.4 Å². The van der Waals surface area contributed by atoms with Crippen molar-refractivity contribution in [2.45, 2.75) is 52.8 Å². The van der Waals surface area contributed by atoms with Gasteiger partial charge < -0.3 is 15.6 Å². The molecule has 2 aromatic carbocycles. The number of aliphatic carboxylic acids is 1. The van der Waals surface area contributed by atoms with Crippen LogP contribution in [0.4, 0.5) is 13.2 Å². The van der Waals surface area contributed by atoms with Crippen molar-refractivity contribution in [3.05, 3.63) is 76.7 Å². The second-order valence-electron chi connectivity index (χ2n) is 9.82. The minimum absolute atomic E-state index is 0.0270. The van der Waals surface area contributed by atoms with Gasteiger partial charge in [-0.2, -0.15) is 18.3 Å². The number of pyridine rings is 1. The second-order valence-corrected chi connectivity index (χ2v) is 10.2. The Morgan fingerprint density at radius 1 is 1.07 bits per heavy atom. The Bertz CT molecular complexity index is 1550. The zero-order chi connectivity index (χ0) is 31.2. The molecule has 0 radical (unpaired) electrons. The Hall–Kier alpha value is -4.12. The number of carboxylic acid groups (broad SMARTS) is 1.